The molecule has 0 heterocycles. The van der Waals surface area contributed by atoms with Crippen LogP contribution in [0.5, 0.6) is 0 Å². The van der Waals surface area contributed by atoms with Crippen LogP contribution in [0.4, 0.5) is 0 Å². The summed E-state index contributed by atoms with van der Waals surface area (Å²) in [6.07, 6.45) is 15.0. The number of ether oxygens (including phenoxy) is 1. The van der Waals surface area contributed by atoms with Crippen molar-refractivity contribution >= 4 is 0 Å². The number of hydrogen-bond acceptors (Lipinski definition) is 2. The van der Waals surface area contributed by atoms with Crippen molar-refractivity contribution in [3.05, 3.63) is 0 Å². The highest BCUT2D eigenvalue weighted by atomic mass is 16.5. The van der Waals surface area contributed by atoms with Crippen molar-refractivity contribution in [2.24, 2.45) is 0 Å². The Bertz CT molecular complexity index is 167. The van der Waals surface area contributed by atoms with Crippen molar-refractivity contribution in [3.8, 4) is 0 Å². The Morgan fingerprint density at radius 2 is 1.26 bits per heavy atom. The van der Waals surface area contributed by atoms with Crippen LogP contribution in [-0.4, -0.2) is 24.4 Å². The SMILES string of the molecule is CCCCCCCCCCCCC(O)C(CC)OC. The molecule has 0 rings (SSSR count). The van der Waals surface area contributed by atoms with Crippen LogP contribution in [0.1, 0.15) is 90.9 Å². The fourth-order valence-corrected chi connectivity index (χ4v) is 2.62. The summed E-state index contributed by atoms with van der Waals surface area (Å²) < 4.78 is 5.25. The number of rotatable bonds is 14. The lowest BCUT2D eigenvalue weighted by molar-refractivity contribution is -0.0182. The summed E-state index contributed by atoms with van der Waals surface area (Å²) in [6.45, 7) is 4.33. The van der Waals surface area contributed by atoms with Crippen LogP contribution < -0.4 is 0 Å². The van der Waals surface area contributed by atoms with Gasteiger partial charge < -0.3 is 9.84 Å². The van der Waals surface area contributed by atoms with Gasteiger partial charge in [-0.1, -0.05) is 78.1 Å². The van der Waals surface area contributed by atoms with Crippen LogP contribution in [0.15, 0.2) is 0 Å². The van der Waals surface area contributed by atoms with Gasteiger partial charge in [0.2, 0.25) is 0 Å². The summed E-state index contributed by atoms with van der Waals surface area (Å²) in [5.41, 5.74) is 0. The zero-order valence-corrected chi connectivity index (χ0v) is 13.5. The lowest BCUT2D eigenvalue weighted by Crippen LogP contribution is -2.27. The topological polar surface area (TPSA) is 29.5 Å². The van der Waals surface area contributed by atoms with Gasteiger partial charge >= 0.3 is 0 Å². The smallest absolute Gasteiger partial charge is 0.0827 e. The minimum absolute atomic E-state index is 0.0264. The maximum absolute atomic E-state index is 9.91. The molecule has 2 unspecified atom stereocenters. The number of methoxy groups -OCH3 is 1. The zero-order valence-electron chi connectivity index (χ0n) is 13.5. The molecule has 0 fully saturated rings. The van der Waals surface area contributed by atoms with E-state index in [0.717, 1.165) is 19.3 Å². The first-order chi connectivity index (χ1) is 9.26. The molecule has 2 heteroatoms. The van der Waals surface area contributed by atoms with E-state index in [0.29, 0.717) is 0 Å². The molecule has 116 valence electrons. The van der Waals surface area contributed by atoms with Crippen LogP contribution in [0.25, 0.3) is 0 Å². The molecule has 0 saturated carbocycles. The van der Waals surface area contributed by atoms with E-state index in [2.05, 4.69) is 13.8 Å². The van der Waals surface area contributed by atoms with Crippen molar-refractivity contribution in [1.82, 2.24) is 0 Å². The van der Waals surface area contributed by atoms with Gasteiger partial charge in [0.25, 0.3) is 0 Å². The van der Waals surface area contributed by atoms with Crippen molar-refractivity contribution < 1.29 is 9.84 Å². The van der Waals surface area contributed by atoms with Gasteiger partial charge in [0, 0.05) is 7.11 Å². The van der Waals surface area contributed by atoms with Crippen LogP contribution >= 0.6 is 0 Å². The molecule has 0 spiro atoms. The van der Waals surface area contributed by atoms with E-state index in [1.807, 2.05) is 0 Å². The first-order valence-corrected chi connectivity index (χ1v) is 8.47. The van der Waals surface area contributed by atoms with Crippen LogP contribution in [0, 0.1) is 0 Å². The first kappa shape index (κ1) is 18.9. The summed E-state index contributed by atoms with van der Waals surface area (Å²) in [5, 5.41) is 9.91. The third kappa shape index (κ3) is 11.4. The maximum Gasteiger partial charge on any atom is 0.0827 e. The van der Waals surface area contributed by atoms with E-state index in [1.54, 1.807) is 7.11 Å². The summed E-state index contributed by atoms with van der Waals surface area (Å²) in [4.78, 5) is 0. The number of aliphatic hydroxyl groups is 1. The normalized spacial score (nSPS) is 14.5. The molecule has 2 atom stereocenters. The Morgan fingerprint density at radius 3 is 1.68 bits per heavy atom. The van der Waals surface area contributed by atoms with E-state index < -0.39 is 0 Å². The van der Waals surface area contributed by atoms with Crippen molar-refractivity contribution in [2.45, 2.75) is 103 Å². The largest absolute Gasteiger partial charge is 0.390 e. The van der Waals surface area contributed by atoms with E-state index >= 15 is 0 Å². The molecule has 1 N–H and O–H groups in total. The quantitative estimate of drug-likeness (QED) is 0.447. The van der Waals surface area contributed by atoms with Crippen LogP contribution in [0.2, 0.25) is 0 Å². The standard InChI is InChI=1S/C17H36O2/c1-4-6-7-8-9-10-11-12-13-14-15-16(18)17(5-2)19-3/h16-18H,4-15H2,1-3H3. The van der Waals surface area contributed by atoms with Gasteiger partial charge in [-0.25, -0.2) is 0 Å². The predicted octanol–water partition coefficient (Wildman–Crippen LogP) is 5.08. The monoisotopic (exact) mass is 272 g/mol. The van der Waals surface area contributed by atoms with Crippen LogP contribution in [0.3, 0.4) is 0 Å². The second-order valence-corrected chi connectivity index (χ2v) is 5.72. The van der Waals surface area contributed by atoms with Gasteiger partial charge in [-0.15, -0.1) is 0 Å². The summed E-state index contributed by atoms with van der Waals surface area (Å²) in [5.74, 6) is 0. The second kappa shape index (κ2) is 14.3. The first-order valence-electron chi connectivity index (χ1n) is 8.47. The van der Waals surface area contributed by atoms with Gasteiger partial charge in [0.05, 0.1) is 12.2 Å². The molecule has 0 amide bonds. The Kier molecular flexibility index (Phi) is 14.3. The molecule has 0 aliphatic carbocycles. The molecule has 0 saturated heterocycles. The molecule has 0 aromatic heterocycles. The van der Waals surface area contributed by atoms with Gasteiger partial charge in [-0.2, -0.15) is 0 Å². The summed E-state index contributed by atoms with van der Waals surface area (Å²) in [7, 11) is 1.69. The Hall–Kier alpha value is -0.0800. The molecule has 0 radical (unpaired) electrons. The predicted molar refractivity (Wildman–Crippen MR) is 83.6 cm³/mol. The fourth-order valence-electron chi connectivity index (χ4n) is 2.62. The van der Waals surface area contributed by atoms with E-state index in [9.17, 15) is 5.11 Å². The molecule has 0 aromatic carbocycles. The Labute approximate surface area is 120 Å². The number of unbranched alkanes of at least 4 members (excludes halogenated alkanes) is 9. The second-order valence-electron chi connectivity index (χ2n) is 5.72. The van der Waals surface area contributed by atoms with E-state index in [4.69, 9.17) is 4.74 Å². The van der Waals surface area contributed by atoms with Crippen LogP contribution in [-0.2, 0) is 4.74 Å². The average Bonchev–Trinajstić information content (AvgIpc) is 2.42. The molecular weight excluding hydrogens is 236 g/mol. The average molecular weight is 272 g/mol. The summed E-state index contributed by atoms with van der Waals surface area (Å²) >= 11 is 0. The van der Waals surface area contributed by atoms with Crippen molar-refractivity contribution in [1.29, 1.82) is 0 Å². The van der Waals surface area contributed by atoms with Crippen molar-refractivity contribution in [2.75, 3.05) is 7.11 Å². The number of aliphatic hydroxyl groups excluding tert-OH is 1. The lowest BCUT2D eigenvalue weighted by atomic mass is 10.0. The van der Waals surface area contributed by atoms with Gasteiger partial charge in [-0.3, -0.25) is 0 Å². The van der Waals surface area contributed by atoms with Gasteiger partial charge in [-0.05, 0) is 12.8 Å². The van der Waals surface area contributed by atoms with E-state index in [1.165, 1.54) is 57.8 Å². The molecule has 0 aliphatic heterocycles. The molecule has 0 aliphatic rings. The molecule has 2 nitrogen and oxygen atoms in total. The molecule has 0 bridgehead atoms. The molecular formula is C17H36O2. The third-order valence-corrected chi connectivity index (χ3v) is 3.99. The minimum Gasteiger partial charge on any atom is -0.390 e. The summed E-state index contributed by atoms with van der Waals surface area (Å²) in [6, 6.07) is 0. The Morgan fingerprint density at radius 1 is 0.789 bits per heavy atom. The Balaban J connectivity index is 3.22. The molecule has 0 aromatic rings. The van der Waals surface area contributed by atoms with Gasteiger partial charge in [0.1, 0.15) is 0 Å². The highest BCUT2D eigenvalue weighted by Crippen LogP contribution is 2.14. The van der Waals surface area contributed by atoms with E-state index in [-0.39, 0.29) is 12.2 Å². The fraction of sp³-hybridized carbons (Fsp3) is 1.00. The molecule has 19 heavy (non-hydrogen) atoms. The highest BCUT2D eigenvalue weighted by Gasteiger charge is 2.15. The third-order valence-electron chi connectivity index (χ3n) is 3.99. The number of hydrogen-bond donors (Lipinski definition) is 1. The zero-order chi connectivity index (χ0) is 14.3. The van der Waals surface area contributed by atoms with Crippen molar-refractivity contribution in [3.63, 3.8) is 0 Å². The lowest BCUT2D eigenvalue weighted by Gasteiger charge is -2.19. The highest BCUT2D eigenvalue weighted by molar-refractivity contribution is 4.67. The minimum atomic E-state index is -0.274. The maximum atomic E-state index is 9.91. The van der Waals surface area contributed by atoms with Gasteiger partial charge in [0.15, 0.2) is 0 Å².